The zero-order valence-electron chi connectivity index (χ0n) is 6.90. The molecule has 1 aliphatic rings. The third-order valence-corrected chi connectivity index (χ3v) is 2.13. The average molecular weight is 203 g/mol. The highest BCUT2D eigenvalue weighted by molar-refractivity contribution is 8.14. The van der Waals surface area contributed by atoms with Crippen LogP contribution in [0, 0.1) is 0 Å². The van der Waals surface area contributed by atoms with Gasteiger partial charge >= 0.3 is 0 Å². The molecule has 0 saturated heterocycles. The third-order valence-electron chi connectivity index (χ3n) is 1.25. The van der Waals surface area contributed by atoms with E-state index in [0.717, 1.165) is 11.8 Å². The lowest BCUT2D eigenvalue weighted by Gasteiger charge is -2.14. The summed E-state index contributed by atoms with van der Waals surface area (Å²) in [6, 6.07) is 0. The Balaban J connectivity index is 2.58. The Morgan fingerprint density at radius 3 is 2.92 bits per heavy atom. The fourth-order valence-electron chi connectivity index (χ4n) is 0.702. The number of thioether (sulfide) groups is 1. The highest BCUT2D eigenvalue weighted by Crippen LogP contribution is 2.09. The van der Waals surface area contributed by atoms with Crippen LogP contribution in [-0.2, 0) is 9.59 Å². The first kappa shape index (κ1) is 10.2. The molecule has 1 aliphatic heterocycles. The number of amidine groups is 1. The minimum absolute atomic E-state index is 0.128. The molecule has 2 amide bonds. The third kappa shape index (κ3) is 3.13. The predicted octanol–water partition coefficient (Wildman–Crippen LogP) is -1.38. The first-order chi connectivity index (χ1) is 6.11. The van der Waals surface area contributed by atoms with Gasteiger partial charge in [-0.1, -0.05) is 0 Å². The van der Waals surface area contributed by atoms with Crippen molar-refractivity contribution in [2.75, 3.05) is 7.05 Å². The Labute approximate surface area is 78.8 Å². The molecule has 1 atom stereocenters. The molecule has 0 radical (unpaired) electrons. The van der Waals surface area contributed by atoms with E-state index < -0.39 is 17.4 Å². The van der Waals surface area contributed by atoms with Crippen molar-refractivity contribution in [3.63, 3.8) is 0 Å². The molecule has 0 spiro atoms. The van der Waals surface area contributed by atoms with E-state index in [9.17, 15) is 9.59 Å². The van der Waals surface area contributed by atoms with Gasteiger partial charge in [-0.15, -0.1) is 0 Å². The van der Waals surface area contributed by atoms with Gasteiger partial charge in [-0.25, -0.2) is 0 Å². The second-order valence-corrected chi connectivity index (χ2v) is 3.36. The topological polar surface area (TPSA) is 90.8 Å². The van der Waals surface area contributed by atoms with Crippen LogP contribution < -0.4 is 10.6 Å². The number of aliphatic hydroxyl groups excluding tert-OH is 1. The smallest absolute Gasteiger partial charge is 0.257 e. The van der Waals surface area contributed by atoms with Crippen molar-refractivity contribution < 1.29 is 14.7 Å². The van der Waals surface area contributed by atoms with E-state index in [1.54, 1.807) is 7.05 Å². The van der Waals surface area contributed by atoms with Crippen LogP contribution in [0.5, 0.6) is 0 Å². The largest absolute Gasteiger partial charge is 0.369 e. The summed E-state index contributed by atoms with van der Waals surface area (Å²) < 4.78 is 0. The van der Waals surface area contributed by atoms with E-state index in [-0.39, 0.29) is 11.6 Å². The number of nitrogens with zero attached hydrogens (tertiary/aromatic N) is 1. The molecule has 13 heavy (non-hydrogen) atoms. The minimum Gasteiger partial charge on any atom is -0.369 e. The summed E-state index contributed by atoms with van der Waals surface area (Å²) in [5.41, 5.74) is -0.884. The first-order valence-electron chi connectivity index (χ1n) is 3.55. The van der Waals surface area contributed by atoms with Gasteiger partial charge in [0.15, 0.2) is 10.7 Å². The molecule has 0 bridgehead atoms. The lowest BCUT2D eigenvalue weighted by molar-refractivity contribution is -0.127. The zero-order valence-corrected chi connectivity index (χ0v) is 7.72. The Morgan fingerprint density at radius 1 is 1.69 bits per heavy atom. The van der Waals surface area contributed by atoms with Crippen LogP contribution in [0.15, 0.2) is 4.99 Å². The van der Waals surface area contributed by atoms with E-state index in [4.69, 9.17) is 5.11 Å². The Hall–Kier alpha value is -0.920. The molecule has 0 fully saturated rings. The number of aliphatic imine (C=N–C) groups is 1. The van der Waals surface area contributed by atoms with Crippen molar-refractivity contribution in [1.29, 1.82) is 0 Å². The highest BCUT2D eigenvalue weighted by Gasteiger charge is 2.20. The molecule has 0 saturated carbocycles. The molecular weight excluding hydrogens is 194 g/mol. The van der Waals surface area contributed by atoms with Crippen molar-refractivity contribution >= 4 is 28.7 Å². The molecular formula is C6H9N3O3S. The van der Waals surface area contributed by atoms with Gasteiger partial charge < -0.3 is 10.4 Å². The van der Waals surface area contributed by atoms with Gasteiger partial charge in [0, 0.05) is 0 Å². The second kappa shape index (κ2) is 4.35. The van der Waals surface area contributed by atoms with Crippen molar-refractivity contribution in [3.8, 4) is 0 Å². The van der Waals surface area contributed by atoms with Crippen LogP contribution in [-0.4, -0.2) is 34.7 Å². The highest BCUT2D eigenvalue weighted by atomic mass is 32.2. The quantitative estimate of drug-likeness (QED) is 0.380. The van der Waals surface area contributed by atoms with Gasteiger partial charge in [0.2, 0.25) is 5.91 Å². The number of nitrogens with one attached hydrogen (secondary N) is 2. The van der Waals surface area contributed by atoms with E-state index in [2.05, 4.69) is 15.6 Å². The average Bonchev–Trinajstić information content (AvgIpc) is 2.02. The number of carbonyl (C=O) groups excluding carboxylic acids is 2. The van der Waals surface area contributed by atoms with Crippen LogP contribution in [0.2, 0.25) is 0 Å². The van der Waals surface area contributed by atoms with Crippen LogP contribution >= 0.6 is 11.8 Å². The number of amides is 2. The summed E-state index contributed by atoms with van der Waals surface area (Å²) in [5.74, 6) is -0.889. The van der Waals surface area contributed by atoms with Gasteiger partial charge in [-0.2, -0.15) is 4.99 Å². The van der Waals surface area contributed by atoms with Crippen LogP contribution in [0.4, 0.5) is 0 Å². The molecule has 1 unspecified atom stereocenters. The van der Waals surface area contributed by atoms with Gasteiger partial charge in [-0.05, 0) is 18.8 Å². The summed E-state index contributed by atoms with van der Waals surface area (Å²) in [6.07, 6.45) is -0.223. The van der Waals surface area contributed by atoms with Crippen molar-refractivity contribution in [2.24, 2.45) is 4.99 Å². The molecule has 1 heterocycles. The first-order valence-corrected chi connectivity index (χ1v) is 4.43. The van der Waals surface area contributed by atoms with Gasteiger partial charge in [-0.3, -0.25) is 14.9 Å². The van der Waals surface area contributed by atoms with E-state index in [1.165, 1.54) is 0 Å². The van der Waals surface area contributed by atoms with E-state index >= 15 is 0 Å². The van der Waals surface area contributed by atoms with Crippen LogP contribution in [0.1, 0.15) is 6.42 Å². The van der Waals surface area contributed by atoms with Crippen LogP contribution in [0.3, 0.4) is 0 Å². The fourth-order valence-corrected chi connectivity index (χ4v) is 1.36. The molecule has 0 aromatic rings. The lowest BCUT2D eigenvalue weighted by atomic mass is 10.4. The minimum atomic E-state index is -0.884. The number of aliphatic hydroxyl groups is 1. The Morgan fingerprint density at radius 2 is 2.38 bits per heavy atom. The normalized spacial score (nSPS) is 19.4. The van der Waals surface area contributed by atoms with Gasteiger partial charge in [0.05, 0.1) is 0 Å². The fraction of sp³-hybridized carbons (Fsp3) is 0.500. The number of hydrogen-bond acceptors (Lipinski definition) is 5. The summed E-state index contributed by atoms with van der Waals surface area (Å²) in [7, 11) is 1.55. The summed E-state index contributed by atoms with van der Waals surface area (Å²) in [6.45, 7) is 0. The van der Waals surface area contributed by atoms with Crippen molar-refractivity contribution in [3.05, 3.63) is 0 Å². The number of rotatable bonds is 2. The predicted molar refractivity (Wildman–Crippen MR) is 47.9 cm³/mol. The summed E-state index contributed by atoms with van der Waals surface area (Å²) >= 11 is 0.870. The van der Waals surface area contributed by atoms with Crippen molar-refractivity contribution in [1.82, 2.24) is 10.6 Å². The van der Waals surface area contributed by atoms with Gasteiger partial charge in [0.25, 0.3) is 5.91 Å². The maximum absolute atomic E-state index is 10.8. The summed E-state index contributed by atoms with van der Waals surface area (Å²) in [5, 5.41) is 14.1. The maximum atomic E-state index is 10.8. The number of carbonyl (C=O) groups is 2. The van der Waals surface area contributed by atoms with E-state index in [0.29, 0.717) is 0 Å². The van der Waals surface area contributed by atoms with Gasteiger partial charge in [0.1, 0.15) is 6.42 Å². The second-order valence-electron chi connectivity index (χ2n) is 2.29. The van der Waals surface area contributed by atoms with Crippen LogP contribution in [0.25, 0.3) is 0 Å². The molecule has 0 aliphatic carbocycles. The van der Waals surface area contributed by atoms with Crippen molar-refractivity contribution in [2.45, 2.75) is 12.0 Å². The summed E-state index contributed by atoms with van der Waals surface area (Å²) in [4.78, 5) is 25.1. The molecule has 1 rings (SSSR count). The lowest BCUT2D eigenvalue weighted by Crippen LogP contribution is -2.37. The molecule has 72 valence electrons. The molecule has 0 aromatic heterocycles. The monoisotopic (exact) mass is 203 g/mol. The Kier molecular flexibility index (Phi) is 3.40. The SMILES string of the molecule is CNC(O)SC1=NC(=O)CC(=O)N1. The van der Waals surface area contributed by atoms with E-state index in [1.807, 2.05) is 0 Å². The standard InChI is InChI=1S/C6H9N3O3S/c1-7-6(12)13-5-8-3(10)2-4(11)9-5/h6-7,12H,2H2,1H3,(H,8,9,10,11). The molecule has 3 N–H and O–H groups in total. The zero-order chi connectivity index (χ0) is 9.84. The Bertz CT molecular complexity index is 266. The molecule has 7 heteroatoms. The maximum Gasteiger partial charge on any atom is 0.257 e. The molecule has 0 aromatic carbocycles. The number of hydrogen-bond donors (Lipinski definition) is 3. The molecule has 6 nitrogen and oxygen atoms in total.